The lowest BCUT2D eigenvalue weighted by molar-refractivity contribution is 0.0497. The van der Waals surface area contributed by atoms with Crippen molar-refractivity contribution in [2.24, 2.45) is 12.8 Å². The molecule has 1 aromatic heterocycles. The Morgan fingerprint density at radius 2 is 2.10 bits per heavy atom. The third kappa shape index (κ3) is 4.45. The van der Waals surface area contributed by atoms with Crippen molar-refractivity contribution >= 4 is 12.1 Å². The summed E-state index contributed by atoms with van der Waals surface area (Å²) in [5, 5.41) is 6.64. The van der Waals surface area contributed by atoms with Gasteiger partial charge in [-0.15, -0.1) is 0 Å². The number of esters is 1. The van der Waals surface area contributed by atoms with E-state index in [0.29, 0.717) is 5.69 Å². The zero-order chi connectivity index (χ0) is 16.2. The molecule has 8 heteroatoms. The van der Waals surface area contributed by atoms with E-state index in [1.54, 1.807) is 27.8 Å². The van der Waals surface area contributed by atoms with E-state index in [0.717, 1.165) is 0 Å². The Morgan fingerprint density at radius 1 is 1.48 bits per heavy atom. The number of carbonyl (C=O) groups is 2. The summed E-state index contributed by atoms with van der Waals surface area (Å²) in [7, 11) is 2.93. The topological polar surface area (TPSA) is 108 Å². The van der Waals surface area contributed by atoms with E-state index < -0.39 is 23.7 Å². The highest BCUT2D eigenvalue weighted by Gasteiger charge is 2.26. The predicted octanol–water partition coefficient (Wildman–Crippen LogP) is 0.731. The lowest BCUT2D eigenvalue weighted by atomic mass is 10.1. The van der Waals surface area contributed by atoms with E-state index in [2.05, 4.69) is 10.4 Å². The molecule has 8 nitrogen and oxygen atoms in total. The molecule has 1 aromatic rings. The Balaban J connectivity index is 2.98. The number of nitrogens with zero attached hydrogens (tertiary/aromatic N) is 2. The molecule has 1 atom stereocenters. The molecule has 1 unspecified atom stereocenters. The standard InChI is InChI=1S/C13H22N4O4/c1-13(2,3)21-12(19)16-9(6-14)10-8(11(18)20-5)7-15-17(10)4/h7,9H,6,14H2,1-5H3,(H,16,19). The van der Waals surface area contributed by atoms with Crippen LogP contribution in [0.4, 0.5) is 4.79 Å². The molecule has 0 radical (unpaired) electrons. The van der Waals surface area contributed by atoms with Crippen molar-refractivity contribution in [2.75, 3.05) is 13.7 Å². The number of rotatable bonds is 4. The van der Waals surface area contributed by atoms with Gasteiger partial charge in [0.1, 0.15) is 11.2 Å². The minimum atomic E-state index is -0.624. The molecule has 1 heterocycles. The third-order valence-electron chi connectivity index (χ3n) is 2.65. The molecular weight excluding hydrogens is 276 g/mol. The highest BCUT2D eigenvalue weighted by Crippen LogP contribution is 2.18. The van der Waals surface area contributed by atoms with Crippen LogP contribution in [-0.2, 0) is 16.5 Å². The van der Waals surface area contributed by atoms with Gasteiger partial charge in [-0.3, -0.25) is 4.68 Å². The number of ether oxygens (including phenoxy) is 2. The fraction of sp³-hybridized carbons (Fsp3) is 0.615. The minimum absolute atomic E-state index is 0.0861. The van der Waals surface area contributed by atoms with E-state index >= 15 is 0 Å². The summed E-state index contributed by atoms with van der Waals surface area (Å²) in [5.41, 5.74) is 5.79. The molecule has 0 saturated heterocycles. The highest BCUT2D eigenvalue weighted by molar-refractivity contribution is 5.90. The van der Waals surface area contributed by atoms with Crippen LogP contribution in [0, 0.1) is 0 Å². The molecule has 1 rings (SSSR count). The monoisotopic (exact) mass is 298 g/mol. The average molecular weight is 298 g/mol. The second-order valence-electron chi connectivity index (χ2n) is 5.49. The number of amides is 1. The van der Waals surface area contributed by atoms with Crippen LogP contribution in [0.15, 0.2) is 6.20 Å². The Morgan fingerprint density at radius 3 is 2.57 bits per heavy atom. The smallest absolute Gasteiger partial charge is 0.408 e. The van der Waals surface area contributed by atoms with Crippen molar-refractivity contribution in [1.82, 2.24) is 15.1 Å². The molecule has 118 valence electrons. The summed E-state index contributed by atoms with van der Waals surface area (Å²) in [5.74, 6) is -0.539. The number of aromatic nitrogens is 2. The van der Waals surface area contributed by atoms with E-state index in [1.807, 2.05) is 0 Å². The number of alkyl carbamates (subject to hydrolysis) is 1. The number of hydrogen-bond donors (Lipinski definition) is 2. The third-order valence-corrected chi connectivity index (χ3v) is 2.65. The van der Waals surface area contributed by atoms with E-state index in [1.165, 1.54) is 18.0 Å². The molecular formula is C13H22N4O4. The minimum Gasteiger partial charge on any atom is -0.465 e. The van der Waals surface area contributed by atoms with Gasteiger partial charge >= 0.3 is 12.1 Å². The van der Waals surface area contributed by atoms with Crippen LogP contribution in [0.1, 0.15) is 42.9 Å². The van der Waals surface area contributed by atoms with Crippen molar-refractivity contribution in [2.45, 2.75) is 32.4 Å². The zero-order valence-electron chi connectivity index (χ0n) is 13.0. The van der Waals surface area contributed by atoms with Crippen molar-refractivity contribution in [3.63, 3.8) is 0 Å². The molecule has 0 aliphatic carbocycles. The largest absolute Gasteiger partial charge is 0.465 e. The lowest BCUT2D eigenvalue weighted by Crippen LogP contribution is -2.39. The maximum atomic E-state index is 11.9. The Kier molecular flexibility index (Phi) is 5.31. The van der Waals surface area contributed by atoms with Gasteiger partial charge in [0.2, 0.25) is 0 Å². The van der Waals surface area contributed by atoms with Gasteiger partial charge in [0.25, 0.3) is 0 Å². The molecule has 0 aliphatic rings. The van der Waals surface area contributed by atoms with Crippen LogP contribution >= 0.6 is 0 Å². The van der Waals surface area contributed by atoms with E-state index in [4.69, 9.17) is 15.2 Å². The Labute approximate surface area is 123 Å². The van der Waals surface area contributed by atoms with E-state index in [-0.39, 0.29) is 12.1 Å². The zero-order valence-corrected chi connectivity index (χ0v) is 13.0. The number of aryl methyl sites for hydroxylation is 1. The van der Waals surface area contributed by atoms with Gasteiger partial charge in [-0.25, -0.2) is 9.59 Å². The quantitative estimate of drug-likeness (QED) is 0.793. The van der Waals surface area contributed by atoms with Crippen molar-refractivity contribution in [3.8, 4) is 0 Å². The molecule has 21 heavy (non-hydrogen) atoms. The molecule has 0 saturated carbocycles. The summed E-state index contributed by atoms with van der Waals surface area (Å²) in [6.45, 7) is 5.36. The van der Waals surface area contributed by atoms with Gasteiger partial charge in [-0.2, -0.15) is 5.10 Å². The second-order valence-corrected chi connectivity index (χ2v) is 5.49. The fourth-order valence-electron chi connectivity index (χ4n) is 1.82. The van der Waals surface area contributed by atoms with Crippen molar-refractivity contribution in [1.29, 1.82) is 0 Å². The second kappa shape index (κ2) is 6.57. The Bertz CT molecular complexity index is 519. The normalized spacial score (nSPS) is 12.7. The highest BCUT2D eigenvalue weighted by atomic mass is 16.6. The average Bonchev–Trinajstić information content (AvgIpc) is 2.75. The summed E-state index contributed by atoms with van der Waals surface area (Å²) >= 11 is 0. The first-order valence-corrected chi connectivity index (χ1v) is 6.49. The Hall–Kier alpha value is -2.09. The summed E-state index contributed by atoms with van der Waals surface area (Å²) in [4.78, 5) is 23.6. The molecule has 0 aromatic carbocycles. The van der Waals surface area contributed by atoms with Crippen LogP contribution in [0.5, 0.6) is 0 Å². The molecule has 1 amide bonds. The number of carbonyl (C=O) groups excluding carboxylic acids is 2. The maximum Gasteiger partial charge on any atom is 0.408 e. The molecule has 0 fully saturated rings. The van der Waals surface area contributed by atoms with Crippen LogP contribution in [-0.4, -0.2) is 41.1 Å². The van der Waals surface area contributed by atoms with Crippen LogP contribution in [0.3, 0.4) is 0 Å². The first-order valence-electron chi connectivity index (χ1n) is 6.49. The molecule has 0 bridgehead atoms. The molecule has 0 spiro atoms. The molecule has 0 aliphatic heterocycles. The van der Waals surface area contributed by atoms with Crippen molar-refractivity contribution < 1.29 is 19.1 Å². The van der Waals surface area contributed by atoms with Crippen molar-refractivity contribution in [3.05, 3.63) is 17.5 Å². The number of methoxy groups -OCH3 is 1. The number of hydrogen-bond acceptors (Lipinski definition) is 6. The van der Waals surface area contributed by atoms with Gasteiger partial charge in [-0.05, 0) is 20.8 Å². The van der Waals surface area contributed by atoms with Crippen LogP contribution < -0.4 is 11.1 Å². The summed E-state index contributed by atoms with van der Waals surface area (Å²) < 4.78 is 11.3. The maximum absolute atomic E-state index is 11.9. The fourth-order valence-corrected chi connectivity index (χ4v) is 1.82. The van der Waals surface area contributed by atoms with Crippen LogP contribution in [0.25, 0.3) is 0 Å². The first kappa shape index (κ1) is 17.0. The first-order chi connectivity index (χ1) is 9.69. The summed E-state index contributed by atoms with van der Waals surface area (Å²) in [6.07, 6.45) is 0.760. The van der Waals surface area contributed by atoms with Gasteiger partial charge < -0.3 is 20.5 Å². The number of nitrogens with one attached hydrogen (secondary N) is 1. The van der Waals surface area contributed by atoms with Gasteiger partial charge in [0, 0.05) is 13.6 Å². The van der Waals surface area contributed by atoms with E-state index in [9.17, 15) is 9.59 Å². The SMILES string of the molecule is COC(=O)c1cnn(C)c1C(CN)NC(=O)OC(C)(C)C. The van der Waals surface area contributed by atoms with Gasteiger partial charge in [-0.1, -0.05) is 0 Å². The van der Waals surface area contributed by atoms with Gasteiger partial charge in [0.05, 0.1) is 25.0 Å². The predicted molar refractivity (Wildman–Crippen MR) is 75.7 cm³/mol. The van der Waals surface area contributed by atoms with Gasteiger partial charge in [0.15, 0.2) is 0 Å². The number of nitrogens with two attached hydrogens (primary N) is 1. The lowest BCUT2D eigenvalue weighted by Gasteiger charge is -2.23. The summed E-state index contributed by atoms with van der Waals surface area (Å²) in [6, 6.07) is -0.610. The molecule has 3 N–H and O–H groups in total. The van der Waals surface area contributed by atoms with Crippen LogP contribution in [0.2, 0.25) is 0 Å².